The lowest BCUT2D eigenvalue weighted by atomic mass is 10.2. The maximum atomic E-state index is 11.7. The Balaban J connectivity index is 2.89. The molecule has 1 rings (SSSR count). The molecule has 6 nitrogen and oxygen atoms in total. The minimum atomic E-state index is -0.404. The Morgan fingerprint density at radius 1 is 1.53 bits per heavy atom. The molecule has 2 N–H and O–H groups in total. The van der Waals surface area contributed by atoms with Gasteiger partial charge in [-0.3, -0.25) is 0 Å². The monoisotopic (exact) mass is 240 g/mol. The smallest absolute Gasteiger partial charge is 0.343 e. The highest BCUT2D eigenvalue weighted by Crippen LogP contribution is 2.17. The molecule has 1 heterocycles. The highest BCUT2D eigenvalue weighted by atomic mass is 16.5. The number of ether oxygens (including phenoxy) is 1. The first-order valence-electron chi connectivity index (χ1n) is 5.62. The second-order valence-corrected chi connectivity index (χ2v) is 4.09. The van der Waals surface area contributed by atoms with Gasteiger partial charge >= 0.3 is 5.97 Å². The number of nitrogens with zero attached hydrogens (tertiary/aromatic N) is 3. The number of aromatic nitrogens is 2. The number of anilines is 1. The van der Waals surface area contributed by atoms with E-state index in [4.69, 9.17) is 10.5 Å². The molecule has 17 heavy (non-hydrogen) atoms. The zero-order valence-electron chi connectivity index (χ0n) is 10.9. The molecule has 0 aromatic carbocycles. The molecule has 0 amide bonds. The van der Waals surface area contributed by atoms with Gasteiger partial charge < -0.3 is 15.4 Å². The third-order valence-electron chi connectivity index (χ3n) is 2.41. The highest BCUT2D eigenvalue weighted by molar-refractivity contribution is 5.95. The van der Waals surface area contributed by atoms with Crippen molar-refractivity contribution in [1.82, 2.24) is 14.7 Å². The maximum absolute atomic E-state index is 11.7. The fourth-order valence-corrected chi connectivity index (χ4v) is 1.52. The lowest BCUT2D eigenvalue weighted by Crippen LogP contribution is -2.20. The van der Waals surface area contributed by atoms with Crippen molar-refractivity contribution in [2.45, 2.75) is 20.4 Å². The quantitative estimate of drug-likeness (QED) is 0.759. The SMILES string of the molecule is CCOC(=O)c1c(C)nn(CCN(C)C)c1N. The maximum Gasteiger partial charge on any atom is 0.343 e. The van der Waals surface area contributed by atoms with E-state index in [1.165, 1.54) is 0 Å². The molecule has 0 spiro atoms. The third kappa shape index (κ3) is 3.20. The van der Waals surface area contributed by atoms with Gasteiger partial charge in [0.15, 0.2) is 0 Å². The summed E-state index contributed by atoms with van der Waals surface area (Å²) in [5.74, 6) is -0.0265. The van der Waals surface area contributed by atoms with Crippen molar-refractivity contribution in [2.24, 2.45) is 0 Å². The van der Waals surface area contributed by atoms with Crippen LogP contribution in [0, 0.1) is 6.92 Å². The molecular formula is C11H20N4O2. The first-order valence-corrected chi connectivity index (χ1v) is 5.62. The Morgan fingerprint density at radius 3 is 2.71 bits per heavy atom. The lowest BCUT2D eigenvalue weighted by Gasteiger charge is -2.10. The van der Waals surface area contributed by atoms with Gasteiger partial charge in [-0.15, -0.1) is 0 Å². The number of likely N-dealkylation sites (N-methyl/N-ethyl adjacent to an activating group) is 1. The molecule has 0 atom stereocenters. The van der Waals surface area contributed by atoms with Gasteiger partial charge in [-0.05, 0) is 27.9 Å². The predicted octanol–water partition coefficient (Wildman–Crippen LogP) is 0.512. The Morgan fingerprint density at radius 2 is 2.18 bits per heavy atom. The van der Waals surface area contributed by atoms with Gasteiger partial charge in [0, 0.05) is 6.54 Å². The van der Waals surface area contributed by atoms with E-state index in [1.807, 2.05) is 19.0 Å². The van der Waals surface area contributed by atoms with Crippen LogP contribution >= 0.6 is 0 Å². The average Bonchev–Trinajstić information content (AvgIpc) is 2.51. The summed E-state index contributed by atoms with van der Waals surface area (Å²) in [5.41, 5.74) is 6.89. The number of carbonyl (C=O) groups excluding carboxylic acids is 1. The van der Waals surface area contributed by atoms with Gasteiger partial charge in [0.1, 0.15) is 11.4 Å². The van der Waals surface area contributed by atoms with Crippen molar-refractivity contribution >= 4 is 11.8 Å². The average molecular weight is 240 g/mol. The summed E-state index contributed by atoms with van der Waals surface area (Å²) in [6.45, 7) is 5.32. The normalized spacial score (nSPS) is 10.9. The van der Waals surface area contributed by atoms with Crippen molar-refractivity contribution in [3.63, 3.8) is 0 Å². The second kappa shape index (κ2) is 5.67. The van der Waals surface area contributed by atoms with Crippen LogP contribution in [0.2, 0.25) is 0 Å². The minimum Gasteiger partial charge on any atom is -0.462 e. The number of nitrogen functional groups attached to an aromatic ring is 1. The molecule has 1 aromatic rings. The van der Waals surface area contributed by atoms with Crippen LogP contribution in [0.3, 0.4) is 0 Å². The Kier molecular flexibility index (Phi) is 4.51. The van der Waals surface area contributed by atoms with Crippen LogP contribution in [0.5, 0.6) is 0 Å². The van der Waals surface area contributed by atoms with Crippen molar-refractivity contribution in [1.29, 1.82) is 0 Å². The van der Waals surface area contributed by atoms with E-state index in [-0.39, 0.29) is 0 Å². The summed E-state index contributed by atoms with van der Waals surface area (Å²) in [4.78, 5) is 13.7. The molecule has 0 aliphatic rings. The number of aryl methyl sites for hydroxylation is 1. The molecule has 96 valence electrons. The van der Waals surface area contributed by atoms with E-state index in [0.717, 1.165) is 6.54 Å². The fourth-order valence-electron chi connectivity index (χ4n) is 1.52. The van der Waals surface area contributed by atoms with E-state index < -0.39 is 5.97 Å². The summed E-state index contributed by atoms with van der Waals surface area (Å²) in [5, 5.41) is 4.25. The summed E-state index contributed by atoms with van der Waals surface area (Å²) < 4.78 is 6.59. The zero-order valence-corrected chi connectivity index (χ0v) is 10.9. The van der Waals surface area contributed by atoms with Crippen LogP contribution in [-0.2, 0) is 11.3 Å². The summed E-state index contributed by atoms with van der Waals surface area (Å²) in [7, 11) is 3.94. The molecular weight excluding hydrogens is 220 g/mol. The topological polar surface area (TPSA) is 73.4 Å². The van der Waals surface area contributed by atoms with Crippen molar-refractivity contribution in [3.05, 3.63) is 11.3 Å². The molecule has 0 fully saturated rings. The number of carbonyl (C=O) groups is 1. The molecule has 0 bridgehead atoms. The first-order chi connectivity index (χ1) is 7.97. The molecule has 0 saturated carbocycles. The standard InChI is InChI=1S/C11H20N4O2/c1-5-17-11(16)9-8(2)13-15(10(9)12)7-6-14(3)4/h5-7,12H2,1-4H3. The second-order valence-electron chi connectivity index (χ2n) is 4.09. The van der Waals surface area contributed by atoms with E-state index in [0.29, 0.717) is 30.2 Å². The molecule has 0 radical (unpaired) electrons. The predicted molar refractivity (Wildman–Crippen MR) is 65.9 cm³/mol. The lowest BCUT2D eigenvalue weighted by molar-refractivity contribution is 0.0526. The summed E-state index contributed by atoms with van der Waals surface area (Å²) >= 11 is 0. The minimum absolute atomic E-state index is 0.334. The molecule has 0 aliphatic heterocycles. The van der Waals surface area contributed by atoms with Gasteiger partial charge in [0.05, 0.1) is 18.8 Å². The highest BCUT2D eigenvalue weighted by Gasteiger charge is 2.20. The molecule has 1 aromatic heterocycles. The molecule has 0 unspecified atom stereocenters. The zero-order chi connectivity index (χ0) is 13.0. The van der Waals surface area contributed by atoms with Crippen molar-refractivity contribution < 1.29 is 9.53 Å². The van der Waals surface area contributed by atoms with Gasteiger partial charge in [-0.25, -0.2) is 9.48 Å². The Bertz CT molecular complexity index is 398. The summed E-state index contributed by atoms with van der Waals surface area (Å²) in [6, 6.07) is 0. The first kappa shape index (κ1) is 13.5. The van der Waals surface area contributed by atoms with Crippen LogP contribution in [0.15, 0.2) is 0 Å². The number of hydrogen-bond acceptors (Lipinski definition) is 5. The van der Waals surface area contributed by atoms with E-state index in [2.05, 4.69) is 5.10 Å². The number of nitrogens with two attached hydrogens (primary N) is 1. The number of hydrogen-bond donors (Lipinski definition) is 1. The largest absolute Gasteiger partial charge is 0.462 e. The molecule has 0 saturated heterocycles. The number of esters is 1. The van der Waals surface area contributed by atoms with Gasteiger partial charge in [0.25, 0.3) is 0 Å². The van der Waals surface area contributed by atoms with Crippen molar-refractivity contribution in [2.75, 3.05) is 33.0 Å². The van der Waals surface area contributed by atoms with E-state index in [1.54, 1.807) is 18.5 Å². The Hall–Kier alpha value is -1.56. The van der Waals surface area contributed by atoms with Crippen LogP contribution in [0.25, 0.3) is 0 Å². The fraction of sp³-hybridized carbons (Fsp3) is 0.636. The van der Waals surface area contributed by atoms with Crippen LogP contribution in [0.1, 0.15) is 23.0 Å². The summed E-state index contributed by atoms with van der Waals surface area (Å²) in [6.07, 6.45) is 0. The van der Waals surface area contributed by atoms with Gasteiger partial charge in [-0.2, -0.15) is 5.10 Å². The molecule has 6 heteroatoms. The van der Waals surface area contributed by atoms with Crippen LogP contribution < -0.4 is 5.73 Å². The van der Waals surface area contributed by atoms with Crippen LogP contribution in [-0.4, -0.2) is 47.9 Å². The third-order valence-corrected chi connectivity index (χ3v) is 2.41. The van der Waals surface area contributed by atoms with Gasteiger partial charge in [-0.1, -0.05) is 0 Å². The van der Waals surface area contributed by atoms with E-state index in [9.17, 15) is 4.79 Å². The van der Waals surface area contributed by atoms with Crippen LogP contribution in [0.4, 0.5) is 5.82 Å². The number of rotatable bonds is 5. The molecule has 0 aliphatic carbocycles. The van der Waals surface area contributed by atoms with Gasteiger partial charge in [0.2, 0.25) is 0 Å². The van der Waals surface area contributed by atoms with E-state index >= 15 is 0 Å². The Labute approximate surface area is 101 Å². The van der Waals surface area contributed by atoms with Crippen molar-refractivity contribution in [3.8, 4) is 0 Å².